The van der Waals surface area contributed by atoms with Crippen molar-refractivity contribution < 1.29 is 32.2 Å². The number of hydrogen-bond acceptors (Lipinski definition) is 8. The number of amides is 1. The lowest BCUT2D eigenvalue weighted by atomic mass is 10.1. The summed E-state index contributed by atoms with van der Waals surface area (Å²) in [7, 11) is 1.42. The van der Waals surface area contributed by atoms with E-state index in [-0.39, 0.29) is 35.3 Å². The second-order valence-electron chi connectivity index (χ2n) is 7.05. The van der Waals surface area contributed by atoms with Crippen LogP contribution in [0.5, 0.6) is 17.2 Å². The molecule has 0 fully saturated rings. The molecule has 0 saturated heterocycles. The highest BCUT2D eigenvalue weighted by atomic mass is 35.5. The van der Waals surface area contributed by atoms with E-state index in [1.807, 2.05) is 13.0 Å². The first-order valence-corrected chi connectivity index (χ1v) is 11.3. The van der Waals surface area contributed by atoms with Crippen LogP contribution < -0.4 is 19.5 Å². The molecule has 8 nitrogen and oxygen atoms in total. The number of carbonyl (C=O) groups excluding carboxylic acids is 1. The average Bonchev–Trinajstić information content (AvgIpc) is 3.32. The van der Waals surface area contributed by atoms with E-state index in [4.69, 9.17) is 25.8 Å². The normalized spacial score (nSPS) is 11.5. The SMILES string of the molecule is COc1cc(C=C(C#N)C(=O)Nc2nnc(C(F)(F)F)s2)ccc1OCCOc1ccc(Cl)c(C)c1. The van der Waals surface area contributed by atoms with Gasteiger partial charge in [0.25, 0.3) is 5.91 Å². The van der Waals surface area contributed by atoms with Crippen molar-refractivity contribution in [3.8, 4) is 23.3 Å². The van der Waals surface area contributed by atoms with Gasteiger partial charge in [-0.15, -0.1) is 10.2 Å². The van der Waals surface area contributed by atoms with Gasteiger partial charge in [0.2, 0.25) is 10.1 Å². The Labute approximate surface area is 212 Å². The lowest BCUT2D eigenvalue weighted by molar-refractivity contribution is -0.138. The number of carbonyl (C=O) groups is 1. The fourth-order valence-corrected chi connectivity index (χ4v) is 3.50. The molecule has 2 aromatic carbocycles. The summed E-state index contributed by atoms with van der Waals surface area (Å²) >= 11 is 6.15. The monoisotopic (exact) mass is 538 g/mol. The predicted molar refractivity (Wildman–Crippen MR) is 127 cm³/mol. The molecule has 13 heteroatoms. The molecule has 1 amide bonds. The molecule has 0 saturated carbocycles. The van der Waals surface area contributed by atoms with Gasteiger partial charge in [0.05, 0.1) is 7.11 Å². The van der Waals surface area contributed by atoms with E-state index in [0.717, 1.165) is 5.56 Å². The molecule has 3 aromatic rings. The Morgan fingerprint density at radius 1 is 1.17 bits per heavy atom. The number of benzene rings is 2. The Balaban J connectivity index is 1.63. The third kappa shape index (κ3) is 7.10. The highest BCUT2D eigenvalue weighted by Crippen LogP contribution is 2.33. The molecule has 0 aliphatic rings. The van der Waals surface area contributed by atoms with Crippen LogP contribution in [0, 0.1) is 18.3 Å². The molecule has 0 spiro atoms. The maximum atomic E-state index is 12.7. The Hall–Kier alpha value is -3.82. The maximum Gasteiger partial charge on any atom is 0.445 e. The van der Waals surface area contributed by atoms with Gasteiger partial charge in [0, 0.05) is 5.02 Å². The number of rotatable bonds is 9. The van der Waals surface area contributed by atoms with Crippen LogP contribution in [0.4, 0.5) is 18.3 Å². The molecular formula is C23H18ClF3N4O4S. The third-order valence-corrected chi connectivity index (χ3v) is 5.80. The molecule has 1 aromatic heterocycles. The smallest absolute Gasteiger partial charge is 0.445 e. The molecule has 1 heterocycles. The van der Waals surface area contributed by atoms with Crippen molar-refractivity contribution in [2.75, 3.05) is 25.6 Å². The van der Waals surface area contributed by atoms with E-state index < -0.39 is 17.1 Å². The van der Waals surface area contributed by atoms with Gasteiger partial charge in [-0.1, -0.05) is 29.0 Å². The first-order chi connectivity index (χ1) is 17.1. The van der Waals surface area contributed by atoms with E-state index in [2.05, 4.69) is 15.5 Å². The van der Waals surface area contributed by atoms with Crippen molar-refractivity contribution >= 4 is 40.1 Å². The van der Waals surface area contributed by atoms with Crippen LogP contribution in [0.3, 0.4) is 0 Å². The molecule has 0 radical (unpaired) electrons. The first kappa shape index (κ1) is 26.8. The van der Waals surface area contributed by atoms with Crippen molar-refractivity contribution in [2.24, 2.45) is 0 Å². The van der Waals surface area contributed by atoms with Crippen LogP contribution in [0.25, 0.3) is 6.08 Å². The molecule has 0 atom stereocenters. The molecule has 0 aliphatic carbocycles. The molecular weight excluding hydrogens is 521 g/mol. The molecule has 188 valence electrons. The number of hydrogen-bond donors (Lipinski definition) is 1. The lowest BCUT2D eigenvalue weighted by Gasteiger charge is -2.12. The minimum atomic E-state index is -4.68. The van der Waals surface area contributed by atoms with Crippen LogP contribution >= 0.6 is 22.9 Å². The summed E-state index contributed by atoms with van der Waals surface area (Å²) in [5.41, 5.74) is 0.952. The van der Waals surface area contributed by atoms with Gasteiger partial charge < -0.3 is 14.2 Å². The van der Waals surface area contributed by atoms with Crippen LogP contribution in [0.15, 0.2) is 42.0 Å². The minimum absolute atomic E-state index is 0.151. The van der Waals surface area contributed by atoms with Crippen molar-refractivity contribution in [3.05, 3.63) is 63.1 Å². The van der Waals surface area contributed by atoms with Gasteiger partial charge >= 0.3 is 6.18 Å². The van der Waals surface area contributed by atoms with Crippen LogP contribution in [0.2, 0.25) is 5.02 Å². The van der Waals surface area contributed by atoms with E-state index in [0.29, 0.717) is 27.8 Å². The highest BCUT2D eigenvalue weighted by molar-refractivity contribution is 7.15. The van der Waals surface area contributed by atoms with Gasteiger partial charge in [-0.25, -0.2) is 0 Å². The summed E-state index contributed by atoms with van der Waals surface area (Å²) in [5.74, 6) is 0.458. The second kappa shape index (κ2) is 11.7. The number of halogens is 4. The Kier molecular flexibility index (Phi) is 8.73. The molecule has 1 N–H and O–H groups in total. The quantitative estimate of drug-likeness (QED) is 0.217. The van der Waals surface area contributed by atoms with E-state index in [1.54, 1.807) is 30.3 Å². The predicted octanol–water partition coefficient (Wildman–Crippen LogP) is 5.53. The van der Waals surface area contributed by atoms with Gasteiger partial charge in [0.15, 0.2) is 11.5 Å². The van der Waals surface area contributed by atoms with E-state index in [9.17, 15) is 23.2 Å². The number of methoxy groups -OCH3 is 1. The lowest BCUT2D eigenvalue weighted by Crippen LogP contribution is -2.13. The van der Waals surface area contributed by atoms with E-state index >= 15 is 0 Å². The number of aromatic nitrogens is 2. The number of ether oxygens (including phenoxy) is 3. The van der Waals surface area contributed by atoms with Crippen molar-refractivity contribution in [1.29, 1.82) is 5.26 Å². The molecule has 0 unspecified atom stereocenters. The number of nitriles is 1. The summed E-state index contributed by atoms with van der Waals surface area (Å²) in [5, 5.41) is 16.8. The maximum absolute atomic E-state index is 12.7. The topological polar surface area (TPSA) is 106 Å². The minimum Gasteiger partial charge on any atom is -0.493 e. The summed E-state index contributed by atoms with van der Waals surface area (Å²) in [6, 6.07) is 11.7. The second-order valence-corrected chi connectivity index (χ2v) is 8.44. The molecule has 3 rings (SSSR count). The number of nitrogens with one attached hydrogen (secondary N) is 1. The highest BCUT2D eigenvalue weighted by Gasteiger charge is 2.35. The largest absolute Gasteiger partial charge is 0.493 e. The van der Waals surface area contributed by atoms with Crippen molar-refractivity contribution in [3.63, 3.8) is 0 Å². The summed E-state index contributed by atoms with van der Waals surface area (Å²) in [4.78, 5) is 12.3. The Morgan fingerprint density at radius 3 is 2.56 bits per heavy atom. The van der Waals surface area contributed by atoms with Crippen molar-refractivity contribution in [1.82, 2.24) is 10.2 Å². The fourth-order valence-electron chi connectivity index (χ4n) is 2.78. The average molecular weight is 539 g/mol. The molecule has 0 bridgehead atoms. The van der Waals surface area contributed by atoms with E-state index in [1.165, 1.54) is 19.3 Å². The van der Waals surface area contributed by atoms with Gasteiger partial charge in [-0.05, 0) is 54.5 Å². The zero-order valence-electron chi connectivity index (χ0n) is 18.9. The van der Waals surface area contributed by atoms with Crippen molar-refractivity contribution in [2.45, 2.75) is 13.1 Å². The number of alkyl halides is 3. The van der Waals surface area contributed by atoms with Gasteiger partial charge in [0.1, 0.15) is 30.6 Å². The number of anilines is 1. The van der Waals surface area contributed by atoms with Crippen LogP contribution in [0.1, 0.15) is 16.1 Å². The van der Waals surface area contributed by atoms with Crippen LogP contribution in [-0.2, 0) is 11.0 Å². The fraction of sp³-hybridized carbons (Fsp3) is 0.217. The Bertz CT molecular complexity index is 1320. The zero-order chi connectivity index (χ0) is 26.3. The summed E-state index contributed by atoms with van der Waals surface area (Å²) in [6.07, 6.45) is -3.44. The first-order valence-electron chi connectivity index (χ1n) is 10.1. The molecule has 0 aliphatic heterocycles. The third-order valence-electron chi connectivity index (χ3n) is 4.49. The number of nitrogens with zero attached hydrogens (tertiary/aromatic N) is 3. The number of aryl methyl sites for hydroxylation is 1. The zero-order valence-corrected chi connectivity index (χ0v) is 20.4. The molecule has 36 heavy (non-hydrogen) atoms. The summed E-state index contributed by atoms with van der Waals surface area (Å²) in [6.45, 7) is 2.33. The van der Waals surface area contributed by atoms with Gasteiger partial charge in [-0.2, -0.15) is 18.4 Å². The summed E-state index contributed by atoms with van der Waals surface area (Å²) < 4.78 is 54.6. The van der Waals surface area contributed by atoms with Gasteiger partial charge in [-0.3, -0.25) is 10.1 Å². The standard InChI is InChI=1S/C23H18ClF3N4O4S/c1-13-9-16(4-5-17(13)24)34-7-8-35-18-6-3-14(11-19(18)33-2)10-15(12-28)20(32)29-22-31-30-21(36-22)23(25,26)27/h3-6,9-11H,7-8H2,1-2H3,(H,29,31,32). The van der Waals surface area contributed by atoms with Crippen LogP contribution in [-0.4, -0.2) is 36.4 Å². The Morgan fingerprint density at radius 2 is 1.92 bits per heavy atom.